The number of aliphatic hydroxyl groups excluding tert-OH is 1. The summed E-state index contributed by atoms with van der Waals surface area (Å²) < 4.78 is 0. The Morgan fingerprint density at radius 2 is 2.11 bits per heavy atom. The van der Waals surface area contributed by atoms with Gasteiger partial charge < -0.3 is 16.2 Å². The molecular weight excluding hydrogens is 240 g/mol. The van der Waals surface area contributed by atoms with Crippen molar-refractivity contribution in [3.05, 3.63) is 0 Å². The summed E-state index contributed by atoms with van der Waals surface area (Å²) in [7, 11) is 0. The highest BCUT2D eigenvalue weighted by molar-refractivity contribution is 5.76. The molecule has 1 rings (SSSR count). The molecule has 0 aromatic carbocycles. The summed E-state index contributed by atoms with van der Waals surface area (Å²) in [5, 5.41) is 12.7. The van der Waals surface area contributed by atoms with Crippen LogP contribution in [0, 0.1) is 11.3 Å². The molecule has 1 saturated carbocycles. The highest BCUT2D eigenvalue weighted by atomic mass is 16.3. The van der Waals surface area contributed by atoms with E-state index in [0.717, 1.165) is 25.7 Å². The van der Waals surface area contributed by atoms with Crippen molar-refractivity contribution in [2.45, 2.75) is 71.4 Å². The molecule has 3 unspecified atom stereocenters. The van der Waals surface area contributed by atoms with Crippen LogP contribution in [0.1, 0.15) is 59.3 Å². The topological polar surface area (TPSA) is 75.4 Å². The highest BCUT2D eigenvalue weighted by Crippen LogP contribution is 2.40. The normalized spacial score (nSPS) is 26.6. The number of amides is 1. The fraction of sp³-hybridized carbons (Fsp3) is 0.933. The second-order valence-electron chi connectivity index (χ2n) is 6.46. The van der Waals surface area contributed by atoms with Gasteiger partial charge in [0.15, 0.2) is 0 Å². The van der Waals surface area contributed by atoms with Crippen LogP contribution < -0.4 is 11.1 Å². The van der Waals surface area contributed by atoms with Crippen molar-refractivity contribution in [3.63, 3.8) is 0 Å². The van der Waals surface area contributed by atoms with Crippen LogP contribution in [0.4, 0.5) is 0 Å². The van der Waals surface area contributed by atoms with Gasteiger partial charge in [0.2, 0.25) is 5.91 Å². The van der Waals surface area contributed by atoms with Crippen LogP contribution in [-0.2, 0) is 4.79 Å². The number of aliphatic hydroxyl groups is 1. The Hall–Kier alpha value is -0.610. The minimum Gasteiger partial charge on any atom is -0.392 e. The van der Waals surface area contributed by atoms with Gasteiger partial charge in [-0.3, -0.25) is 4.79 Å². The summed E-state index contributed by atoms with van der Waals surface area (Å²) in [6.07, 6.45) is 5.20. The van der Waals surface area contributed by atoms with Crippen LogP contribution in [0.15, 0.2) is 0 Å². The maximum absolute atomic E-state index is 11.9. The minimum atomic E-state index is -0.289. The number of rotatable bonds is 8. The number of nitrogens with two attached hydrogens (primary N) is 1. The van der Waals surface area contributed by atoms with E-state index in [9.17, 15) is 9.90 Å². The number of carbonyl (C=O) groups is 1. The quantitative estimate of drug-likeness (QED) is 0.629. The SMILES string of the molecule is CCCC(CCN)CCC(=O)NC1CC(O)C1(C)C. The number of hydrogen-bond donors (Lipinski definition) is 3. The van der Waals surface area contributed by atoms with Gasteiger partial charge in [0, 0.05) is 17.9 Å². The molecule has 19 heavy (non-hydrogen) atoms. The van der Waals surface area contributed by atoms with Gasteiger partial charge in [-0.05, 0) is 31.7 Å². The maximum Gasteiger partial charge on any atom is 0.220 e. The molecule has 4 heteroatoms. The summed E-state index contributed by atoms with van der Waals surface area (Å²) >= 11 is 0. The smallest absolute Gasteiger partial charge is 0.220 e. The zero-order chi connectivity index (χ0) is 14.5. The van der Waals surface area contributed by atoms with Gasteiger partial charge in [0.25, 0.3) is 0 Å². The van der Waals surface area contributed by atoms with E-state index in [4.69, 9.17) is 5.73 Å². The molecule has 0 saturated heterocycles. The van der Waals surface area contributed by atoms with Crippen LogP contribution in [0.25, 0.3) is 0 Å². The molecule has 0 aliphatic heterocycles. The van der Waals surface area contributed by atoms with E-state index < -0.39 is 0 Å². The first kappa shape index (κ1) is 16.4. The number of hydrogen-bond acceptors (Lipinski definition) is 3. The minimum absolute atomic E-state index is 0.114. The van der Waals surface area contributed by atoms with Gasteiger partial charge in [-0.1, -0.05) is 33.6 Å². The van der Waals surface area contributed by atoms with E-state index >= 15 is 0 Å². The van der Waals surface area contributed by atoms with Crippen molar-refractivity contribution in [2.75, 3.05) is 6.54 Å². The highest BCUT2D eigenvalue weighted by Gasteiger charge is 2.47. The third-order valence-corrected chi connectivity index (χ3v) is 4.60. The fourth-order valence-corrected chi connectivity index (χ4v) is 2.83. The van der Waals surface area contributed by atoms with Crippen LogP contribution in [-0.4, -0.2) is 29.7 Å². The molecule has 1 amide bonds. The van der Waals surface area contributed by atoms with E-state index in [0.29, 0.717) is 25.3 Å². The van der Waals surface area contributed by atoms with Crippen LogP contribution >= 0.6 is 0 Å². The van der Waals surface area contributed by atoms with Crippen LogP contribution in [0.5, 0.6) is 0 Å². The van der Waals surface area contributed by atoms with Gasteiger partial charge in [0.05, 0.1) is 6.10 Å². The van der Waals surface area contributed by atoms with Crippen LogP contribution in [0.2, 0.25) is 0 Å². The second-order valence-corrected chi connectivity index (χ2v) is 6.46. The zero-order valence-corrected chi connectivity index (χ0v) is 12.6. The number of nitrogens with one attached hydrogen (secondary N) is 1. The molecule has 112 valence electrons. The molecule has 4 nitrogen and oxygen atoms in total. The summed E-state index contributed by atoms with van der Waals surface area (Å²) in [4.78, 5) is 11.9. The Balaban J connectivity index is 2.27. The molecule has 1 aliphatic carbocycles. The third-order valence-electron chi connectivity index (χ3n) is 4.60. The molecule has 0 aromatic rings. The van der Waals surface area contributed by atoms with Gasteiger partial charge >= 0.3 is 0 Å². The van der Waals surface area contributed by atoms with Crippen LogP contribution in [0.3, 0.4) is 0 Å². The Labute approximate surface area is 117 Å². The largest absolute Gasteiger partial charge is 0.392 e. The first-order valence-electron chi connectivity index (χ1n) is 7.59. The molecule has 0 aromatic heterocycles. The van der Waals surface area contributed by atoms with Crippen molar-refractivity contribution < 1.29 is 9.90 Å². The molecule has 0 spiro atoms. The predicted molar refractivity (Wildman–Crippen MR) is 77.6 cm³/mol. The van der Waals surface area contributed by atoms with Crippen molar-refractivity contribution in [3.8, 4) is 0 Å². The predicted octanol–water partition coefficient (Wildman–Crippen LogP) is 1.81. The first-order valence-corrected chi connectivity index (χ1v) is 7.59. The number of carbonyl (C=O) groups excluding carboxylic acids is 1. The van der Waals surface area contributed by atoms with E-state index in [2.05, 4.69) is 12.2 Å². The molecule has 0 bridgehead atoms. The van der Waals surface area contributed by atoms with Crippen molar-refractivity contribution >= 4 is 5.91 Å². The molecule has 4 N–H and O–H groups in total. The van der Waals surface area contributed by atoms with E-state index in [1.807, 2.05) is 13.8 Å². The Bertz CT molecular complexity index is 286. The van der Waals surface area contributed by atoms with Gasteiger partial charge in [0.1, 0.15) is 0 Å². The van der Waals surface area contributed by atoms with Crippen molar-refractivity contribution in [2.24, 2.45) is 17.1 Å². The second kappa shape index (κ2) is 7.25. The molecule has 1 aliphatic rings. The Morgan fingerprint density at radius 3 is 2.58 bits per heavy atom. The fourth-order valence-electron chi connectivity index (χ4n) is 2.83. The average molecular weight is 270 g/mol. The van der Waals surface area contributed by atoms with Crippen molar-refractivity contribution in [1.82, 2.24) is 5.32 Å². The lowest BCUT2D eigenvalue weighted by atomic mass is 9.64. The average Bonchev–Trinajstić information content (AvgIpc) is 2.36. The summed E-state index contributed by atoms with van der Waals surface area (Å²) in [5.74, 6) is 0.684. The monoisotopic (exact) mass is 270 g/mol. The maximum atomic E-state index is 11.9. The Morgan fingerprint density at radius 1 is 1.42 bits per heavy atom. The van der Waals surface area contributed by atoms with Gasteiger partial charge in [-0.2, -0.15) is 0 Å². The zero-order valence-electron chi connectivity index (χ0n) is 12.6. The third kappa shape index (κ3) is 4.46. The lowest BCUT2D eigenvalue weighted by Gasteiger charge is -2.49. The van der Waals surface area contributed by atoms with Crippen molar-refractivity contribution in [1.29, 1.82) is 0 Å². The summed E-state index contributed by atoms with van der Waals surface area (Å²) in [6, 6.07) is 0.120. The first-order chi connectivity index (χ1) is 8.91. The molecule has 3 atom stereocenters. The Kier molecular flexibility index (Phi) is 6.27. The molecule has 1 fully saturated rings. The van der Waals surface area contributed by atoms with E-state index in [-0.39, 0.29) is 23.5 Å². The van der Waals surface area contributed by atoms with E-state index in [1.165, 1.54) is 0 Å². The standard InChI is InChI=1S/C15H30N2O2/c1-4-5-11(8-9-16)6-7-14(19)17-12-10-13(18)15(12,2)3/h11-13,18H,4-10,16H2,1-3H3,(H,17,19). The lowest BCUT2D eigenvalue weighted by Crippen LogP contribution is -2.61. The van der Waals surface area contributed by atoms with Gasteiger partial charge in [-0.25, -0.2) is 0 Å². The molecule has 0 radical (unpaired) electrons. The summed E-state index contributed by atoms with van der Waals surface area (Å²) in [6.45, 7) is 6.87. The molecular formula is C15H30N2O2. The van der Waals surface area contributed by atoms with E-state index in [1.54, 1.807) is 0 Å². The van der Waals surface area contributed by atoms with Gasteiger partial charge in [-0.15, -0.1) is 0 Å². The lowest BCUT2D eigenvalue weighted by molar-refractivity contribution is -0.129. The summed E-state index contributed by atoms with van der Waals surface area (Å²) in [5.41, 5.74) is 5.42. The molecule has 0 heterocycles.